The first kappa shape index (κ1) is 12.6. The minimum absolute atomic E-state index is 0.0991. The minimum atomic E-state index is 0.0991. The monoisotopic (exact) mass is 264 g/mol. The number of carbonyl (C=O) groups is 1. The molecule has 2 aliphatic heterocycles. The summed E-state index contributed by atoms with van der Waals surface area (Å²) in [5.74, 6) is 0.0991. The molecule has 6 heteroatoms. The predicted molar refractivity (Wildman–Crippen MR) is 70.0 cm³/mol. The number of nitrogens with one attached hydrogen (secondary N) is 1. The third kappa shape index (κ3) is 2.50. The van der Waals surface area contributed by atoms with Gasteiger partial charge in [-0.2, -0.15) is 5.10 Å². The van der Waals surface area contributed by atoms with Crippen molar-refractivity contribution in [1.29, 1.82) is 0 Å². The molecule has 0 radical (unpaired) electrons. The van der Waals surface area contributed by atoms with Crippen molar-refractivity contribution < 1.29 is 9.53 Å². The average molecular weight is 264 g/mol. The Morgan fingerprint density at radius 3 is 2.89 bits per heavy atom. The maximum absolute atomic E-state index is 12.4. The van der Waals surface area contributed by atoms with E-state index in [2.05, 4.69) is 15.1 Å². The van der Waals surface area contributed by atoms with Crippen LogP contribution >= 0.6 is 0 Å². The molecule has 1 amide bonds. The van der Waals surface area contributed by atoms with Gasteiger partial charge in [-0.05, 0) is 13.3 Å². The number of H-pyrrole nitrogens is 1. The van der Waals surface area contributed by atoms with Crippen molar-refractivity contribution >= 4 is 5.91 Å². The van der Waals surface area contributed by atoms with Crippen LogP contribution in [0.5, 0.6) is 0 Å². The number of carbonyl (C=O) groups excluding carboxylic acids is 1. The van der Waals surface area contributed by atoms with Gasteiger partial charge in [-0.15, -0.1) is 0 Å². The summed E-state index contributed by atoms with van der Waals surface area (Å²) in [6, 6.07) is 0.486. The number of nitrogens with zero attached hydrogens (tertiary/aromatic N) is 3. The first-order valence-electron chi connectivity index (χ1n) is 6.87. The van der Waals surface area contributed by atoms with E-state index in [-0.39, 0.29) is 5.91 Å². The summed E-state index contributed by atoms with van der Waals surface area (Å²) in [7, 11) is 0. The predicted octanol–water partition coefficient (Wildman–Crippen LogP) is 0.265. The van der Waals surface area contributed by atoms with Gasteiger partial charge in [0.2, 0.25) is 0 Å². The van der Waals surface area contributed by atoms with Crippen molar-refractivity contribution in [1.82, 2.24) is 20.0 Å². The quantitative estimate of drug-likeness (QED) is 0.832. The molecule has 2 fully saturated rings. The topological polar surface area (TPSA) is 61.5 Å². The summed E-state index contributed by atoms with van der Waals surface area (Å²) in [6.07, 6.45) is 2.68. The molecule has 0 aliphatic carbocycles. The van der Waals surface area contributed by atoms with Crippen molar-refractivity contribution in [2.24, 2.45) is 0 Å². The molecular weight excluding hydrogens is 244 g/mol. The molecule has 6 nitrogen and oxygen atoms in total. The second kappa shape index (κ2) is 5.30. The van der Waals surface area contributed by atoms with Crippen LogP contribution in [0.15, 0.2) is 6.20 Å². The number of hydrogen-bond donors (Lipinski definition) is 1. The summed E-state index contributed by atoms with van der Waals surface area (Å²) in [5, 5.41) is 6.75. The number of aryl methyl sites for hydroxylation is 1. The average Bonchev–Trinajstić information content (AvgIpc) is 3.08. The number of aromatic nitrogens is 2. The lowest BCUT2D eigenvalue weighted by Gasteiger charge is -2.32. The molecule has 2 aliphatic rings. The Labute approximate surface area is 112 Å². The largest absolute Gasteiger partial charge is 0.379 e. The molecule has 1 aromatic heterocycles. The molecule has 1 N–H and O–H groups in total. The lowest BCUT2D eigenvalue weighted by atomic mass is 10.2. The van der Waals surface area contributed by atoms with E-state index < -0.39 is 0 Å². The van der Waals surface area contributed by atoms with Crippen LogP contribution in [0.25, 0.3) is 0 Å². The molecule has 104 valence electrons. The van der Waals surface area contributed by atoms with E-state index in [1.54, 1.807) is 6.20 Å². The van der Waals surface area contributed by atoms with Gasteiger partial charge in [0.25, 0.3) is 5.91 Å². The molecule has 1 aromatic rings. The Bertz CT molecular complexity index is 453. The van der Waals surface area contributed by atoms with E-state index in [1.807, 2.05) is 11.8 Å². The van der Waals surface area contributed by atoms with Gasteiger partial charge in [-0.3, -0.25) is 14.8 Å². The first-order chi connectivity index (χ1) is 9.25. The molecular formula is C13H20N4O2. The Morgan fingerprint density at radius 2 is 2.21 bits per heavy atom. The molecule has 0 aromatic carbocycles. The highest BCUT2D eigenvalue weighted by atomic mass is 16.5. The standard InChI is InChI=1S/C13H20N4O2/c1-10-12(8-14-15-10)13(18)17-3-2-11(9-17)16-4-6-19-7-5-16/h8,11H,2-7,9H2,1H3,(H,14,15). The fourth-order valence-corrected chi connectivity index (χ4v) is 2.90. The number of aromatic amines is 1. The Morgan fingerprint density at radius 1 is 1.42 bits per heavy atom. The second-order valence-corrected chi connectivity index (χ2v) is 5.25. The zero-order valence-corrected chi connectivity index (χ0v) is 11.3. The molecule has 0 saturated carbocycles. The van der Waals surface area contributed by atoms with Crippen molar-refractivity contribution in [3.63, 3.8) is 0 Å². The van der Waals surface area contributed by atoms with Gasteiger partial charge in [0.1, 0.15) is 0 Å². The molecule has 0 spiro atoms. The number of morpholine rings is 1. The van der Waals surface area contributed by atoms with Crippen molar-refractivity contribution in [3.8, 4) is 0 Å². The van der Waals surface area contributed by atoms with Crippen LogP contribution in [0.1, 0.15) is 22.5 Å². The highest BCUT2D eigenvalue weighted by molar-refractivity contribution is 5.95. The minimum Gasteiger partial charge on any atom is -0.379 e. The third-order valence-electron chi connectivity index (χ3n) is 4.07. The van der Waals surface area contributed by atoms with Crippen LogP contribution in [-0.4, -0.2) is 71.3 Å². The number of amides is 1. The Hall–Kier alpha value is -1.40. The highest BCUT2D eigenvalue weighted by Crippen LogP contribution is 2.19. The molecule has 3 heterocycles. The summed E-state index contributed by atoms with van der Waals surface area (Å²) < 4.78 is 5.37. The van der Waals surface area contributed by atoms with E-state index >= 15 is 0 Å². The number of ether oxygens (including phenoxy) is 1. The molecule has 3 rings (SSSR count). The van der Waals surface area contributed by atoms with Gasteiger partial charge in [0, 0.05) is 37.9 Å². The fourth-order valence-electron chi connectivity index (χ4n) is 2.90. The SMILES string of the molecule is Cc1[nH]ncc1C(=O)N1CCC(N2CCOCC2)C1. The van der Waals surface area contributed by atoms with E-state index in [0.29, 0.717) is 11.6 Å². The normalized spacial score (nSPS) is 24.9. The Kier molecular flexibility index (Phi) is 3.52. The Balaban J connectivity index is 1.62. The summed E-state index contributed by atoms with van der Waals surface area (Å²) in [6.45, 7) is 7.14. The zero-order valence-electron chi connectivity index (χ0n) is 11.3. The highest BCUT2D eigenvalue weighted by Gasteiger charge is 2.32. The lowest BCUT2D eigenvalue weighted by Crippen LogP contribution is -2.45. The lowest BCUT2D eigenvalue weighted by molar-refractivity contribution is 0.0185. The fraction of sp³-hybridized carbons (Fsp3) is 0.692. The molecule has 1 unspecified atom stereocenters. The number of rotatable bonds is 2. The molecule has 2 saturated heterocycles. The van der Waals surface area contributed by atoms with E-state index in [0.717, 1.165) is 51.5 Å². The van der Waals surface area contributed by atoms with Crippen LogP contribution in [0, 0.1) is 6.92 Å². The van der Waals surface area contributed by atoms with Gasteiger partial charge in [0.05, 0.1) is 25.0 Å². The van der Waals surface area contributed by atoms with Crippen LogP contribution in [0.3, 0.4) is 0 Å². The third-order valence-corrected chi connectivity index (χ3v) is 4.07. The van der Waals surface area contributed by atoms with Crippen LogP contribution in [0.4, 0.5) is 0 Å². The van der Waals surface area contributed by atoms with Crippen molar-refractivity contribution in [2.45, 2.75) is 19.4 Å². The summed E-state index contributed by atoms with van der Waals surface area (Å²) >= 11 is 0. The van der Waals surface area contributed by atoms with Crippen LogP contribution < -0.4 is 0 Å². The van der Waals surface area contributed by atoms with Crippen LogP contribution in [0.2, 0.25) is 0 Å². The second-order valence-electron chi connectivity index (χ2n) is 5.25. The number of hydrogen-bond acceptors (Lipinski definition) is 4. The van der Waals surface area contributed by atoms with Gasteiger partial charge < -0.3 is 9.64 Å². The van der Waals surface area contributed by atoms with Crippen LogP contribution in [-0.2, 0) is 4.74 Å². The van der Waals surface area contributed by atoms with E-state index in [9.17, 15) is 4.79 Å². The maximum atomic E-state index is 12.4. The summed E-state index contributed by atoms with van der Waals surface area (Å²) in [4.78, 5) is 16.8. The number of likely N-dealkylation sites (tertiary alicyclic amines) is 1. The maximum Gasteiger partial charge on any atom is 0.257 e. The van der Waals surface area contributed by atoms with Gasteiger partial charge in [-0.1, -0.05) is 0 Å². The van der Waals surface area contributed by atoms with E-state index in [4.69, 9.17) is 4.74 Å². The zero-order chi connectivity index (χ0) is 13.2. The van der Waals surface area contributed by atoms with Gasteiger partial charge in [-0.25, -0.2) is 0 Å². The summed E-state index contributed by atoms with van der Waals surface area (Å²) in [5.41, 5.74) is 1.54. The van der Waals surface area contributed by atoms with Crippen molar-refractivity contribution in [3.05, 3.63) is 17.5 Å². The van der Waals surface area contributed by atoms with E-state index in [1.165, 1.54) is 0 Å². The van der Waals surface area contributed by atoms with Crippen molar-refractivity contribution in [2.75, 3.05) is 39.4 Å². The van der Waals surface area contributed by atoms with Gasteiger partial charge >= 0.3 is 0 Å². The smallest absolute Gasteiger partial charge is 0.257 e. The molecule has 19 heavy (non-hydrogen) atoms. The molecule has 1 atom stereocenters. The molecule has 0 bridgehead atoms. The van der Waals surface area contributed by atoms with Gasteiger partial charge in [0.15, 0.2) is 0 Å². The first-order valence-corrected chi connectivity index (χ1v) is 6.87.